The topological polar surface area (TPSA) is 73.1 Å². The van der Waals surface area contributed by atoms with Crippen LogP contribution in [0.2, 0.25) is 0 Å². The van der Waals surface area contributed by atoms with E-state index in [0.29, 0.717) is 17.5 Å². The van der Waals surface area contributed by atoms with E-state index in [1.54, 1.807) is 17.8 Å². The van der Waals surface area contributed by atoms with Gasteiger partial charge in [-0.2, -0.15) is 4.98 Å². The van der Waals surface area contributed by atoms with Crippen molar-refractivity contribution < 1.29 is 4.74 Å². The minimum Gasteiger partial charge on any atom is -0.439 e. The van der Waals surface area contributed by atoms with E-state index in [1.807, 2.05) is 37.4 Å². The third kappa shape index (κ3) is 3.59. The van der Waals surface area contributed by atoms with E-state index in [-0.39, 0.29) is 0 Å². The molecule has 1 heterocycles. The number of ether oxygens (including phenoxy) is 1. The zero-order valence-electron chi connectivity index (χ0n) is 10.9. The van der Waals surface area contributed by atoms with Gasteiger partial charge in [0, 0.05) is 17.4 Å². The van der Waals surface area contributed by atoms with E-state index in [9.17, 15) is 0 Å². The van der Waals surface area contributed by atoms with Gasteiger partial charge >= 0.3 is 0 Å². The summed E-state index contributed by atoms with van der Waals surface area (Å²) < 4.78 is 5.71. The number of nitrogens with zero attached hydrogens (tertiary/aromatic N) is 2. The van der Waals surface area contributed by atoms with Gasteiger partial charge in [0.25, 0.3) is 0 Å². The molecule has 0 amide bonds. The van der Waals surface area contributed by atoms with Crippen LogP contribution in [0.25, 0.3) is 0 Å². The van der Waals surface area contributed by atoms with Gasteiger partial charge in [0.1, 0.15) is 17.4 Å². The second-order valence-corrected chi connectivity index (χ2v) is 4.66. The fourth-order valence-corrected chi connectivity index (χ4v) is 1.93. The summed E-state index contributed by atoms with van der Waals surface area (Å²) in [7, 11) is 0. The Hall–Kier alpha value is -1.79. The molecule has 6 heteroatoms. The predicted molar refractivity (Wildman–Crippen MR) is 77.5 cm³/mol. The van der Waals surface area contributed by atoms with Crippen LogP contribution in [0, 0.1) is 0 Å². The van der Waals surface area contributed by atoms with E-state index < -0.39 is 0 Å². The van der Waals surface area contributed by atoms with Crippen LogP contribution in [0.4, 0.5) is 5.82 Å². The molecule has 3 N–H and O–H groups in total. The van der Waals surface area contributed by atoms with Crippen molar-refractivity contribution in [3.63, 3.8) is 0 Å². The molecule has 0 aliphatic heterocycles. The molecule has 2 aromatic rings. The lowest BCUT2D eigenvalue weighted by Gasteiger charge is -2.08. The molecule has 1 aromatic heterocycles. The SMILES string of the molecule is CCc1nc(NN)cc(Oc2ccc(SC)cc2)n1. The number of nitrogen functional groups attached to an aromatic ring is 1. The molecule has 19 heavy (non-hydrogen) atoms. The fourth-order valence-electron chi connectivity index (χ4n) is 1.52. The summed E-state index contributed by atoms with van der Waals surface area (Å²) in [5.74, 6) is 7.83. The van der Waals surface area contributed by atoms with Crippen molar-refractivity contribution in [2.45, 2.75) is 18.2 Å². The predicted octanol–water partition coefficient (Wildman–Crippen LogP) is 2.84. The lowest BCUT2D eigenvalue weighted by Crippen LogP contribution is -2.10. The van der Waals surface area contributed by atoms with Gasteiger partial charge in [-0.3, -0.25) is 0 Å². The van der Waals surface area contributed by atoms with Crippen molar-refractivity contribution in [3.8, 4) is 11.6 Å². The van der Waals surface area contributed by atoms with Crippen LogP contribution < -0.4 is 16.0 Å². The highest BCUT2D eigenvalue weighted by Crippen LogP contribution is 2.24. The molecular formula is C13H16N4OS. The molecule has 2 rings (SSSR count). The molecule has 0 spiro atoms. The van der Waals surface area contributed by atoms with Crippen molar-refractivity contribution in [1.82, 2.24) is 9.97 Å². The van der Waals surface area contributed by atoms with Crippen molar-refractivity contribution in [2.75, 3.05) is 11.7 Å². The van der Waals surface area contributed by atoms with Crippen molar-refractivity contribution in [3.05, 3.63) is 36.2 Å². The van der Waals surface area contributed by atoms with E-state index in [4.69, 9.17) is 10.6 Å². The van der Waals surface area contributed by atoms with E-state index in [1.165, 1.54) is 4.90 Å². The number of hydrogen-bond donors (Lipinski definition) is 2. The first kappa shape index (κ1) is 13.6. The molecule has 0 unspecified atom stereocenters. The zero-order valence-corrected chi connectivity index (χ0v) is 11.7. The van der Waals surface area contributed by atoms with E-state index in [0.717, 1.165) is 12.2 Å². The summed E-state index contributed by atoms with van der Waals surface area (Å²) in [6.45, 7) is 1.98. The summed E-state index contributed by atoms with van der Waals surface area (Å²) in [6.07, 6.45) is 2.75. The number of nitrogens with two attached hydrogens (primary N) is 1. The van der Waals surface area contributed by atoms with Gasteiger partial charge in [-0.25, -0.2) is 10.8 Å². The molecule has 0 aliphatic carbocycles. The Balaban J connectivity index is 2.21. The Kier molecular flexibility index (Phi) is 4.59. The van der Waals surface area contributed by atoms with Crippen LogP contribution in [0.15, 0.2) is 35.2 Å². The van der Waals surface area contributed by atoms with Gasteiger partial charge in [0.15, 0.2) is 0 Å². The van der Waals surface area contributed by atoms with Crippen LogP contribution in [0.1, 0.15) is 12.7 Å². The smallest absolute Gasteiger partial charge is 0.224 e. The molecule has 0 saturated heterocycles. The maximum atomic E-state index is 5.71. The molecule has 0 aliphatic rings. The molecule has 0 atom stereocenters. The lowest BCUT2D eigenvalue weighted by molar-refractivity contribution is 0.459. The quantitative estimate of drug-likeness (QED) is 0.497. The van der Waals surface area contributed by atoms with E-state index in [2.05, 4.69) is 15.4 Å². The summed E-state index contributed by atoms with van der Waals surface area (Å²) in [6, 6.07) is 9.50. The third-order valence-corrected chi connectivity index (χ3v) is 3.24. The molecule has 1 aromatic carbocycles. The second kappa shape index (κ2) is 6.40. The first-order chi connectivity index (χ1) is 9.25. The Morgan fingerprint density at radius 3 is 2.58 bits per heavy atom. The average Bonchev–Trinajstić information content (AvgIpc) is 2.47. The number of aromatic nitrogens is 2. The van der Waals surface area contributed by atoms with Gasteiger partial charge < -0.3 is 10.2 Å². The third-order valence-electron chi connectivity index (χ3n) is 2.49. The molecule has 0 saturated carbocycles. The fraction of sp³-hybridized carbons (Fsp3) is 0.231. The summed E-state index contributed by atoms with van der Waals surface area (Å²) >= 11 is 1.69. The van der Waals surface area contributed by atoms with Gasteiger partial charge in [-0.1, -0.05) is 6.92 Å². The maximum absolute atomic E-state index is 5.71. The van der Waals surface area contributed by atoms with Crippen LogP contribution >= 0.6 is 11.8 Å². The minimum absolute atomic E-state index is 0.483. The Labute approximate surface area is 116 Å². The number of benzene rings is 1. The summed E-state index contributed by atoms with van der Waals surface area (Å²) in [5.41, 5.74) is 2.51. The lowest BCUT2D eigenvalue weighted by atomic mass is 10.3. The highest BCUT2D eigenvalue weighted by Gasteiger charge is 2.05. The Bertz CT molecular complexity index is 523. The molecule has 0 fully saturated rings. The number of hydrazine groups is 1. The number of hydrogen-bond acceptors (Lipinski definition) is 6. The Morgan fingerprint density at radius 2 is 2.00 bits per heavy atom. The van der Waals surface area contributed by atoms with E-state index >= 15 is 0 Å². The van der Waals surface area contributed by atoms with Crippen molar-refractivity contribution >= 4 is 17.6 Å². The first-order valence-corrected chi connectivity index (χ1v) is 7.14. The van der Waals surface area contributed by atoms with Crippen LogP contribution in [-0.2, 0) is 6.42 Å². The average molecular weight is 276 g/mol. The van der Waals surface area contributed by atoms with Crippen molar-refractivity contribution in [2.24, 2.45) is 5.84 Å². The van der Waals surface area contributed by atoms with Gasteiger partial charge in [0.05, 0.1) is 0 Å². The number of nitrogens with one attached hydrogen (secondary N) is 1. The Morgan fingerprint density at radius 1 is 1.26 bits per heavy atom. The molecular weight excluding hydrogens is 260 g/mol. The molecule has 100 valence electrons. The van der Waals surface area contributed by atoms with Crippen LogP contribution in [0.3, 0.4) is 0 Å². The van der Waals surface area contributed by atoms with Gasteiger partial charge in [-0.05, 0) is 30.5 Å². The standard InChI is InChI=1S/C13H16N4OS/c1-3-11-15-12(17-14)8-13(16-11)18-9-4-6-10(19-2)7-5-9/h4-8H,3,14H2,1-2H3,(H,15,16,17). The minimum atomic E-state index is 0.483. The number of rotatable bonds is 5. The highest BCUT2D eigenvalue weighted by molar-refractivity contribution is 7.98. The van der Waals surface area contributed by atoms with Gasteiger partial charge in [0.2, 0.25) is 5.88 Å². The van der Waals surface area contributed by atoms with Crippen LogP contribution in [0.5, 0.6) is 11.6 Å². The molecule has 5 nitrogen and oxygen atoms in total. The summed E-state index contributed by atoms with van der Waals surface area (Å²) in [5, 5.41) is 0. The zero-order chi connectivity index (χ0) is 13.7. The van der Waals surface area contributed by atoms with Crippen molar-refractivity contribution in [1.29, 1.82) is 0 Å². The number of anilines is 1. The highest BCUT2D eigenvalue weighted by atomic mass is 32.2. The first-order valence-electron chi connectivity index (χ1n) is 5.91. The number of aryl methyl sites for hydroxylation is 1. The molecule has 0 bridgehead atoms. The monoisotopic (exact) mass is 276 g/mol. The maximum Gasteiger partial charge on any atom is 0.224 e. The molecule has 0 radical (unpaired) electrons. The largest absolute Gasteiger partial charge is 0.439 e. The summed E-state index contributed by atoms with van der Waals surface area (Å²) in [4.78, 5) is 9.70. The second-order valence-electron chi connectivity index (χ2n) is 3.78. The van der Waals surface area contributed by atoms with Gasteiger partial charge in [-0.15, -0.1) is 11.8 Å². The normalized spacial score (nSPS) is 10.3. The van der Waals surface area contributed by atoms with Crippen LogP contribution in [-0.4, -0.2) is 16.2 Å². The number of thioether (sulfide) groups is 1.